The summed E-state index contributed by atoms with van der Waals surface area (Å²) in [5.41, 5.74) is -2.80. The molecule has 15 heteroatoms. The van der Waals surface area contributed by atoms with Gasteiger partial charge in [0.1, 0.15) is 0 Å². The molecule has 6 nitrogen and oxygen atoms in total. The van der Waals surface area contributed by atoms with Gasteiger partial charge < -0.3 is 5.32 Å². The number of anilines is 1. The number of aryl methyl sites for hydroxylation is 1. The van der Waals surface area contributed by atoms with E-state index in [0.717, 1.165) is 6.07 Å². The van der Waals surface area contributed by atoms with E-state index in [9.17, 15) is 50.0 Å². The zero-order chi connectivity index (χ0) is 23.9. The Hall–Kier alpha value is -2.84. The molecule has 0 aliphatic carbocycles. The number of alkyl halides is 7. The lowest BCUT2D eigenvalue weighted by atomic mass is 10.0. The number of nitrogens with zero attached hydrogens (tertiary/aromatic N) is 2. The normalized spacial score (nSPS) is 12.6. The number of nitrogens with one attached hydrogen (secondary N) is 1. The molecule has 0 bridgehead atoms. The topological polar surface area (TPSA) is 85.1 Å². The summed E-state index contributed by atoms with van der Waals surface area (Å²) < 4.78 is 104. The van der Waals surface area contributed by atoms with Crippen molar-refractivity contribution in [1.29, 1.82) is 0 Å². The highest BCUT2D eigenvalue weighted by Crippen LogP contribution is 2.51. The lowest BCUT2D eigenvalue weighted by molar-refractivity contribution is -0.385. The number of amides is 1. The number of nitro benzene ring substituents is 1. The predicted molar refractivity (Wildman–Crippen MR) is 92.6 cm³/mol. The minimum Gasteiger partial charge on any atom is -0.304 e. The SMILES string of the molecule is Cc1cc(Br)c(C(=O)Nc2ncc(C(F)(F)C(F)(F)C(F)(F)F)cc2F)cc1[N+](=O)[O-]. The Morgan fingerprint density at radius 1 is 1.13 bits per heavy atom. The van der Waals surface area contributed by atoms with Gasteiger partial charge in [-0.15, -0.1) is 0 Å². The number of nitro groups is 1. The first kappa shape index (κ1) is 24.4. The molecule has 31 heavy (non-hydrogen) atoms. The molecule has 0 unspecified atom stereocenters. The molecule has 0 fully saturated rings. The van der Waals surface area contributed by atoms with Crippen LogP contribution in [-0.2, 0) is 5.92 Å². The summed E-state index contributed by atoms with van der Waals surface area (Å²) in [5.74, 6) is -16.5. The summed E-state index contributed by atoms with van der Waals surface area (Å²) >= 11 is 2.95. The van der Waals surface area contributed by atoms with Crippen LogP contribution in [0.5, 0.6) is 0 Å². The average Bonchev–Trinajstić information content (AvgIpc) is 2.61. The Morgan fingerprint density at radius 2 is 1.71 bits per heavy atom. The van der Waals surface area contributed by atoms with Gasteiger partial charge in [0.15, 0.2) is 11.6 Å². The van der Waals surface area contributed by atoms with Crippen molar-refractivity contribution < 1.29 is 44.8 Å². The van der Waals surface area contributed by atoms with E-state index in [0.29, 0.717) is 0 Å². The second kappa shape index (κ2) is 8.01. The van der Waals surface area contributed by atoms with E-state index in [1.807, 2.05) is 0 Å². The van der Waals surface area contributed by atoms with Crippen LogP contribution in [0.4, 0.5) is 46.6 Å². The van der Waals surface area contributed by atoms with Crippen LogP contribution in [0.3, 0.4) is 0 Å². The maximum absolute atomic E-state index is 14.1. The quantitative estimate of drug-likeness (QED) is 0.309. The van der Waals surface area contributed by atoms with Gasteiger partial charge >= 0.3 is 18.0 Å². The zero-order valence-corrected chi connectivity index (χ0v) is 16.4. The minimum absolute atomic E-state index is 0.0291. The van der Waals surface area contributed by atoms with Crippen LogP contribution in [0.15, 0.2) is 28.9 Å². The highest BCUT2D eigenvalue weighted by Gasteiger charge is 2.73. The molecule has 0 atom stereocenters. The standard InChI is InChI=1S/C16H8BrF8N3O3/c1-6-2-9(17)8(4-11(6)28(30)31)13(29)27-12-10(18)3-7(5-26-12)14(19,20)15(21,22)16(23,24)25/h2-5H,1H3,(H,26,27,29). The van der Waals surface area contributed by atoms with Crippen LogP contribution in [0.1, 0.15) is 21.5 Å². The monoisotopic (exact) mass is 521 g/mol. The van der Waals surface area contributed by atoms with Crippen LogP contribution in [-0.4, -0.2) is 27.9 Å². The molecule has 0 radical (unpaired) electrons. The minimum atomic E-state index is -6.63. The molecule has 1 N–H and O–H groups in total. The summed E-state index contributed by atoms with van der Waals surface area (Å²) in [6.07, 6.45) is -6.79. The van der Waals surface area contributed by atoms with Crippen LogP contribution in [0.2, 0.25) is 0 Å². The number of carbonyl (C=O) groups is 1. The van der Waals surface area contributed by atoms with E-state index in [2.05, 4.69) is 20.9 Å². The van der Waals surface area contributed by atoms with Gasteiger partial charge in [0, 0.05) is 27.9 Å². The van der Waals surface area contributed by atoms with Crippen molar-refractivity contribution in [3.05, 3.63) is 61.5 Å². The van der Waals surface area contributed by atoms with Crippen molar-refractivity contribution in [3.8, 4) is 0 Å². The number of carbonyl (C=O) groups excluding carboxylic acids is 1. The molecular weight excluding hydrogens is 514 g/mol. The molecule has 0 aliphatic rings. The summed E-state index contributed by atoms with van der Waals surface area (Å²) in [6, 6.07) is 1.67. The fourth-order valence-electron chi connectivity index (χ4n) is 2.27. The number of benzene rings is 1. The molecule has 0 aliphatic heterocycles. The highest BCUT2D eigenvalue weighted by molar-refractivity contribution is 9.10. The van der Waals surface area contributed by atoms with E-state index in [-0.39, 0.29) is 22.3 Å². The number of pyridine rings is 1. The van der Waals surface area contributed by atoms with Crippen molar-refractivity contribution in [2.24, 2.45) is 0 Å². The van der Waals surface area contributed by atoms with Crippen molar-refractivity contribution in [1.82, 2.24) is 4.98 Å². The second-order valence-corrected chi connectivity index (χ2v) is 6.89. The number of halogens is 9. The molecule has 0 saturated heterocycles. The summed E-state index contributed by atoms with van der Waals surface area (Å²) in [5, 5.41) is 12.7. The van der Waals surface area contributed by atoms with Crippen LogP contribution >= 0.6 is 15.9 Å². The zero-order valence-electron chi connectivity index (χ0n) is 14.8. The molecule has 1 aromatic carbocycles. The van der Waals surface area contributed by atoms with Gasteiger partial charge in [-0.3, -0.25) is 14.9 Å². The Kier molecular flexibility index (Phi) is 6.32. The summed E-state index contributed by atoms with van der Waals surface area (Å²) in [7, 11) is 0. The fraction of sp³-hybridized carbons (Fsp3) is 0.250. The van der Waals surface area contributed by atoms with E-state index < -0.39 is 57.3 Å². The largest absolute Gasteiger partial charge is 0.460 e. The third kappa shape index (κ3) is 4.45. The highest BCUT2D eigenvalue weighted by atomic mass is 79.9. The summed E-state index contributed by atoms with van der Waals surface area (Å²) in [6.45, 7) is 1.36. The van der Waals surface area contributed by atoms with Gasteiger partial charge in [-0.1, -0.05) is 0 Å². The van der Waals surface area contributed by atoms with E-state index in [1.54, 1.807) is 5.32 Å². The van der Waals surface area contributed by atoms with Crippen molar-refractivity contribution in [3.63, 3.8) is 0 Å². The van der Waals surface area contributed by atoms with E-state index in [1.165, 1.54) is 13.0 Å². The van der Waals surface area contributed by atoms with Gasteiger partial charge in [-0.25, -0.2) is 9.37 Å². The smallest absolute Gasteiger partial charge is 0.304 e. The maximum atomic E-state index is 14.1. The Balaban J connectivity index is 2.39. The lowest BCUT2D eigenvalue weighted by Crippen LogP contribution is -2.50. The van der Waals surface area contributed by atoms with Crippen molar-refractivity contribution in [2.75, 3.05) is 5.32 Å². The molecule has 2 aromatic rings. The van der Waals surface area contributed by atoms with Gasteiger partial charge in [0.25, 0.3) is 11.6 Å². The van der Waals surface area contributed by atoms with Crippen LogP contribution < -0.4 is 5.32 Å². The number of aromatic nitrogens is 1. The van der Waals surface area contributed by atoms with Crippen molar-refractivity contribution >= 4 is 33.3 Å². The Morgan fingerprint density at radius 3 is 2.19 bits per heavy atom. The second-order valence-electron chi connectivity index (χ2n) is 6.03. The Bertz CT molecular complexity index is 1060. The van der Waals surface area contributed by atoms with Crippen molar-refractivity contribution in [2.45, 2.75) is 24.9 Å². The van der Waals surface area contributed by atoms with Crippen LogP contribution in [0, 0.1) is 22.9 Å². The molecule has 168 valence electrons. The fourth-order valence-corrected chi connectivity index (χ4v) is 2.91. The van der Waals surface area contributed by atoms with Crippen LogP contribution in [0.25, 0.3) is 0 Å². The van der Waals surface area contributed by atoms with E-state index >= 15 is 0 Å². The van der Waals surface area contributed by atoms with Gasteiger partial charge in [-0.05, 0) is 35.0 Å². The van der Waals surface area contributed by atoms with Gasteiger partial charge in [0.2, 0.25) is 0 Å². The molecule has 1 heterocycles. The molecule has 1 aromatic heterocycles. The Labute approximate surface area is 175 Å². The number of rotatable bonds is 5. The number of hydrogen-bond acceptors (Lipinski definition) is 4. The lowest BCUT2D eigenvalue weighted by Gasteiger charge is -2.28. The molecule has 0 saturated carbocycles. The first-order chi connectivity index (χ1) is 14.0. The first-order valence-corrected chi connectivity index (χ1v) is 8.54. The summed E-state index contributed by atoms with van der Waals surface area (Å²) in [4.78, 5) is 25.4. The third-order valence-electron chi connectivity index (χ3n) is 3.91. The predicted octanol–water partition coefficient (Wildman–Crippen LogP) is 5.74. The molecule has 1 amide bonds. The number of hydrogen-bond donors (Lipinski definition) is 1. The van der Waals surface area contributed by atoms with Gasteiger partial charge in [0.05, 0.1) is 10.5 Å². The molecule has 2 rings (SSSR count). The average molecular weight is 522 g/mol. The third-order valence-corrected chi connectivity index (χ3v) is 4.57. The maximum Gasteiger partial charge on any atom is 0.460 e. The molecular formula is C16H8BrF8N3O3. The first-order valence-electron chi connectivity index (χ1n) is 7.75. The van der Waals surface area contributed by atoms with Gasteiger partial charge in [-0.2, -0.15) is 30.7 Å². The van der Waals surface area contributed by atoms with E-state index in [4.69, 9.17) is 0 Å². The molecule has 0 spiro atoms.